The van der Waals surface area contributed by atoms with Gasteiger partial charge in [0.25, 0.3) is 6.01 Å². The molecule has 0 radical (unpaired) electrons. The van der Waals surface area contributed by atoms with E-state index < -0.39 is 5.97 Å². The van der Waals surface area contributed by atoms with Crippen molar-refractivity contribution in [1.82, 2.24) is 4.98 Å². The second-order valence-electron chi connectivity index (χ2n) is 3.65. The Balaban J connectivity index is 1.99. The van der Waals surface area contributed by atoms with Gasteiger partial charge in [-0.05, 0) is 18.8 Å². The lowest BCUT2D eigenvalue weighted by Gasteiger charge is -2.33. The Bertz CT molecular complexity index is 348. The lowest BCUT2D eigenvalue weighted by Crippen LogP contribution is -2.36. The third kappa shape index (κ3) is 1.57. The minimum atomic E-state index is -1.07. The van der Waals surface area contributed by atoms with Crippen molar-refractivity contribution in [3.05, 3.63) is 12.0 Å². The molecule has 2 N–H and O–H groups in total. The second-order valence-corrected chi connectivity index (χ2v) is 3.65. The van der Waals surface area contributed by atoms with Crippen LogP contribution >= 0.6 is 0 Å². The number of aromatic carboxylic acids is 1. The van der Waals surface area contributed by atoms with E-state index in [4.69, 9.17) is 9.52 Å². The van der Waals surface area contributed by atoms with Crippen molar-refractivity contribution in [1.29, 1.82) is 0 Å². The fourth-order valence-corrected chi connectivity index (χ4v) is 1.48. The van der Waals surface area contributed by atoms with Gasteiger partial charge in [-0.1, -0.05) is 6.92 Å². The lowest BCUT2D eigenvalue weighted by atomic mass is 9.81. The van der Waals surface area contributed by atoms with Crippen LogP contribution in [0.4, 0.5) is 6.01 Å². The summed E-state index contributed by atoms with van der Waals surface area (Å²) in [5.74, 6) is -0.460. The molecule has 0 aliphatic heterocycles. The van der Waals surface area contributed by atoms with Crippen LogP contribution in [0.25, 0.3) is 0 Å². The summed E-state index contributed by atoms with van der Waals surface area (Å²) in [6.45, 7) is 2.14. The summed E-state index contributed by atoms with van der Waals surface area (Å²) in [6, 6.07) is 0.675. The first kappa shape index (κ1) is 9.05. The molecule has 1 aromatic heterocycles. The van der Waals surface area contributed by atoms with E-state index in [1.807, 2.05) is 0 Å². The molecule has 0 amide bonds. The summed E-state index contributed by atoms with van der Waals surface area (Å²) in [4.78, 5) is 14.3. The normalized spacial score (nSPS) is 25.5. The Morgan fingerprint density at radius 2 is 2.50 bits per heavy atom. The fourth-order valence-electron chi connectivity index (χ4n) is 1.48. The average molecular weight is 196 g/mol. The molecular formula is C9H12N2O3. The number of aromatic nitrogens is 1. The van der Waals surface area contributed by atoms with Crippen LogP contribution in [0.2, 0.25) is 0 Å². The molecule has 5 nitrogen and oxygen atoms in total. The molecule has 1 aliphatic rings. The Hall–Kier alpha value is -1.52. The second kappa shape index (κ2) is 3.32. The van der Waals surface area contributed by atoms with Gasteiger partial charge in [-0.2, -0.15) is 4.98 Å². The van der Waals surface area contributed by atoms with Gasteiger partial charge >= 0.3 is 5.97 Å². The van der Waals surface area contributed by atoms with Gasteiger partial charge in [-0.3, -0.25) is 0 Å². The van der Waals surface area contributed by atoms with Crippen molar-refractivity contribution >= 4 is 12.0 Å². The van der Waals surface area contributed by atoms with Gasteiger partial charge in [0.2, 0.25) is 0 Å². The third-order valence-corrected chi connectivity index (χ3v) is 2.65. The Morgan fingerprint density at radius 1 is 1.71 bits per heavy atom. The van der Waals surface area contributed by atoms with E-state index in [9.17, 15) is 4.79 Å². The maximum atomic E-state index is 10.5. The first-order valence-corrected chi connectivity index (χ1v) is 4.62. The van der Waals surface area contributed by atoms with Crippen molar-refractivity contribution in [3.8, 4) is 0 Å². The Labute approximate surface area is 81.1 Å². The number of oxazole rings is 1. The summed E-state index contributed by atoms with van der Waals surface area (Å²) < 4.78 is 4.98. The number of carboxylic acid groups (broad SMARTS) is 1. The van der Waals surface area contributed by atoms with Gasteiger partial charge in [0.05, 0.1) is 0 Å². The fraction of sp³-hybridized carbons (Fsp3) is 0.556. The zero-order valence-corrected chi connectivity index (χ0v) is 7.86. The van der Waals surface area contributed by atoms with Gasteiger partial charge in [0, 0.05) is 6.04 Å². The summed E-state index contributed by atoms with van der Waals surface area (Å²) in [6.07, 6.45) is 3.43. The molecule has 5 heteroatoms. The van der Waals surface area contributed by atoms with Crippen molar-refractivity contribution in [2.24, 2.45) is 5.92 Å². The summed E-state index contributed by atoms with van der Waals surface area (Å²) >= 11 is 0. The molecule has 2 rings (SSSR count). The maximum Gasteiger partial charge on any atom is 0.357 e. The largest absolute Gasteiger partial charge is 0.476 e. The monoisotopic (exact) mass is 196 g/mol. The van der Waals surface area contributed by atoms with Crippen LogP contribution < -0.4 is 5.32 Å². The molecule has 0 saturated heterocycles. The highest BCUT2D eigenvalue weighted by Crippen LogP contribution is 2.29. The number of anilines is 1. The molecule has 1 aromatic rings. The first-order chi connectivity index (χ1) is 6.66. The van der Waals surface area contributed by atoms with Gasteiger partial charge in [0.15, 0.2) is 5.69 Å². The molecular weight excluding hydrogens is 184 g/mol. The van der Waals surface area contributed by atoms with Crippen molar-refractivity contribution in [2.75, 3.05) is 5.32 Å². The molecule has 76 valence electrons. The van der Waals surface area contributed by atoms with Crippen molar-refractivity contribution in [3.63, 3.8) is 0 Å². The lowest BCUT2D eigenvalue weighted by molar-refractivity contribution is 0.0690. The van der Waals surface area contributed by atoms with E-state index in [1.165, 1.54) is 6.42 Å². The highest BCUT2D eigenvalue weighted by molar-refractivity contribution is 5.85. The van der Waals surface area contributed by atoms with Crippen LogP contribution in [-0.4, -0.2) is 22.1 Å². The van der Waals surface area contributed by atoms with Crippen LogP contribution in [0.15, 0.2) is 10.7 Å². The molecule has 2 unspecified atom stereocenters. The van der Waals surface area contributed by atoms with Gasteiger partial charge in [-0.25, -0.2) is 4.79 Å². The quantitative estimate of drug-likeness (QED) is 0.767. The standard InChI is InChI=1S/C9H12N2O3/c1-5-2-3-6(5)10-9-11-7(4-14-9)8(12)13/h4-6H,2-3H2,1H3,(H,10,11)(H,12,13). The van der Waals surface area contributed by atoms with Gasteiger partial charge in [-0.15, -0.1) is 0 Å². The van der Waals surface area contributed by atoms with Crippen LogP contribution in [0, 0.1) is 5.92 Å². The number of rotatable bonds is 3. The molecule has 1 fully saturated rings. The number of hydrogen-bond donors (Lipinski definition) is 2. The molecule has 0 bridgehead atoms. The van der Waals surface area contributed by atoms with Crippen LogP contribution in [0.3, 0.4) is 0 Å². The van der Waals surface area contributed by atoms with Crippen LogP contribution in [0.1, 0.15) is 30.3 Å². The highest BCUT2D eigenvalue weighted by atomic mass is 16.4. The first-order valence-electron chi connectivity index (χ1n) is 4.62. The number of carboxylic acids is 1. The molecule has 1 saturated carbocycles. The molecule has 0 spiro atoms. The maximum absolute atomic E-state index is 10.5. The van der Waals surface area contributed by atoms with Crippen molar-refractivity contribution < 1.29 is 14.3 Å². The van der Waals surface area contributed by atoms with E-state index in [2.05, 4.69) is 17.2 Å². The Kier molecular flexibility index (Phi) is 2.15. The van der Waals surface area contributed by atoms with E-state index in [0.717, 1.165) is 12.7 Å². The predicted molar refractivity (Wildman–Crippen MR) is 49.3 cm³/mol. The van der Waals surface area contributed by atoms with E-state index in [0.29, 0.717) is 18.0 Å². The molecule has 14 heavy (non-hydrogen) atoms. The average Bonchev–Trinajstić information content (AvgIpc) is 2.60. The van der Waals surface area contributed by atoms with Crippen LogP contribution in [-0.2, 0) is 0 Å². The molecule has 1 heterocycles. The minimum absolute atomic E-state index is 0.0560. The highest BCUT2D eigenvalue weighted by Gasteiger charge is 2.27. The summed E-state index contributed by atoms with van der Waals surface area (Å²) in [5.41, 5.74) is -0.0560. The van der Waals surface area contributed by atoms with Gasteiger partial charge < -0.3 is 14.8 Å². The van der Waals surface area contributed by atoms with Gasteiger partial charge in [0.1, 0.15) is 6.26 Å². The van der Waals surface area contributed by atoms with E-state index in [1.54, 1.807) is 0 Å². The van der Waals surface area contributed by atoms with Crippen LogP contribution in [0.5, 0.6) is 0 Å². The third-order valence-electron chi connectivity index (χ3n) is 2.65. The summed E-state index contributed by atoms with van der Waals surface area (Å²) in [5, 5.41) is 11.7. The number of nitrogens with zero attached hydrogens (tertiary/aromatic N) is 1. The number of hydrogen-bond acceptors (Lipinski definition) is 4. The molecule has 2 atom stereocenters. The zero-order chi connectivity index (χ0) is 10.1. The zero-order valence-electron chi connectivity index (χ0n) is 7.86. The smallest absolute Gasteiger partial charge is 0.357 e. The molecule has 0 aromatic carbocycles. The van der Waals surface area contributed by atoms with E-state index in [-0.39, 0.29) is 5.69 Å². The minimum Gasteiger partial charge on any atom is -0.476 e. The van der Waals surface area contributed by atoms with E-state index >= 15 is 0 Å². The number of carbonyl (C=O) groups is 1. The predicted octanol–water partition coefficient (Wildman–Crippen LogP) is 1.58. The molecule has 1 aliphatic carbocycles. The summed E-state index contributed by atoms with van der Waals surface area (Å²) in [7, 11) is 0. The number of nitrogens with one attached hydrogen (secondary N) is 1. The Morgan fingerprint density at radius 3 is 2.93 bits per heavy atom. The SMILES string of the molecule is CC1CCC1Nc1nc(C(=O)O)co1. The topological polar surface area (TPSA) is 75.4 Å². The van der Waals surface area contributed by atoms with Crippen molar-refractivity contribution in [2.45, 2.75) is 25.8 Å².